The van der Waals surface area contributed by atoms with Crippen molar-refractivity contribution < 1.29 is 9.59 Å². The monoisotopic (exact) mass is 436 g/mol. The van der Waals surface area contributed by atoms with E-state index in [4.69, 9.17) is 0 Å². The highest BCUT2D eigenvalue weighted by molar-refractivity contribution is 5.78. The number of Topliss-reactive ketones (excluding diaryl/α,β-unsaturated/α-hetero) is 1. The second-order valence-electron chi connectivity index (χ2n) is 9.74. The Balaban J connectivity index is 1.33. The van der Waals surface area contributed by atoms with Crippen LogP contribution in [0.4, 0.5) is 0 Å². The summed E-state index contributed by atoms with van der Waals surface area (Å²) in [6, 6.07) is 10.00. The molecule has 0 radical (unpaired) electrons. The summed E-state index contributed by atoms with van der Waals surface area (Å²) in [6.45, 7) is 4.15. The predicted octanol–water partition coefficient (Wildman–Crippen LogP) is 4.55. The Labute approximate surface area is 191 Å². The fourth-order valence-corrected chi connectivity index (χ4v) is 5.17. The molecule has 1 amide bonds. The van der Waals surface area contributed by atoms with Crippen LogP contribution in [0.3, 0.4) is 0 Å². The zero-order valence-electron chi connectivity index (χ0n) is 19.2. The lowest BCUT2D eigenvalue weighted by atomic mass is 9.58. The van der Waals surface area contributed by atoms with Crippen molar-refractivity contribution >= 4 is 11.7 Å². The molecule has 6 heteroatoms. The van der Waals surface area contributed by atoms with Crippen molar-refractivity contribution in [1.82, 2.24) is 20.6 Å². The number of aromatic amines is 1. The summed E-state index contributed by atoms with van der Waals surface area (Å²) in [6.07, 6.45) is 9.76. The van der Waals surface area contributed by atoms with E-state index in [9.17, 15) is 9.59 Å². The number of H-pyrrole nitrogens is 1. The molecule has 1 atom stereocenters. The third-order valence-corrected chi connectivity index (χ3v) is 7.11. The van der Waals surface area contributed by atoms with Gasteiger partial charge in [0.15, 0.2) is 0 Å². The van der Waals surface area contributed by atoms with Crippen molar-refractivity contribution in [2.75, 3.05) is 13.1 Å². The van der Waals surface area contributed by atoms with Crippen molar-refractivity contribution in [2.45, 2.75) is 70.8 Å². The summed E-state index contributed by atoms with van der Waals surface area (Å²) in [5.74, 6) is 1.78. The van der Waals surface area contributed by atoms with Gasteiger partial charge in [0.05, 0.1) is 17.9 Å². The Hall–Kier alpha value is -2.47. The molecule has 0 bridgehead atoms. The number of aromatic nitrogens is 2. The van der Waals surface area contributed by atoms with Gasteiger partial charge in [-0.15, -0.1) is 0 Å². The molecule has 2 fully saturated rings. The molecule has 1 spiro atoms. The van der Waals surface area contributed by atoms with E-state index >= 15 is 0 Å². The third-order valence-electron chi connectivity index (χ3n) is 7.11. The molecule has 1 saturated heterocycles. The second-order valence-corrected chi connectivity index (χ2v) is 9.74. The third kappa shape index (κ3) is 5.66. The average molecular weight is 437 g/mol. The normalized spacial score (nSPS) is 18.0. The predicted molar refractivity (Wildman–Crippen MR) is 126 cm³/mol. The number of ketones is 1. The highest BCUT2D eigenvalue weighted by Crippen LogP contribution is 2.49. The molecule has 172 valence electrons. The molecule has 0 unspecified atom stereocenters. The minimum absolute atomic E-state index is 0.124. The van der Waals surface area contributed by atoms with E-state index in [1.165, 1.54) is 12.8 Å². The SMILES string of the molecule is CCC(=O)CCCCC[C@H](NC(=O)CC1CC2(CNC2)C1)c1ncc(-c2ccccc2)[nH]1. The van der Waals surface area contributed by atoms with Crippen LogP contribution in [0, 0.1) is 11.3 Å². The zero-order chi connectivity index (χ0) is 22.4. The highest BCUT2D eigenvalue weighted by atomic mass is 16.1. The van der Waals surface area contributed by atoms with Gasteiger partial charge in [-0.2, -0.15) is 0 Å². The topological polar surface area (TPSA) is 86.9 Å². The first-order valence-electron chi connectivity index (χ1n) is 12.2. The van der Waals surface area contributed by atoms with Crippen LogP contribution in [-0.4, -0.2) is 34.7 Å². The molecule has 2 aliphatic rings. The maximum absolute atomic E-state index is 12.8. The number of nitrogens with one attached hydrogen (secondary N) is 3. The minimum atomic E-state index is -0.124. The van der Waals surface area contributed by atoms with E-state index in [0.717, 1.165) is 55.9 Å². The molecular formula is C26H36N4O2. The Morgan fingerprint density at radius 2 is 1.94 bits per heavy atom. The summed E-state index contributed by atoms with van der Waals surface area (Å²) < 4.78 is 0. The fraction of sp³-hybridized carbons (Fsp3) is 0.577. The van der Waals surface area contributed by atoms with Crippen LogP contribution < -0.4 is 10.6 Å². The van der Waals surface area contributed by atoms with E-state index in [1.807, 2.05) is 31.3 Å². The van der Waals surface area contributed by atoms with Gasteiger partial charge < -0.3 is 15.6 Å². The minimum Gasteiger partial charge on any atom is -0.346 e. The molecule has 1 aliphatic carbocycles. The molecular weight excluding hydrogens is 400 g/mol. The average Bonchev–Trinajstić information content (AvgIpc) is 3.24. The van der Waals surface area contributed by atoms with Gasteiger partial charge in [-0.3, -0.25) is 9.59 Å². The van der Waals surface area contributed by atoms with Gasteiger partial charge in [-0.25, -0.2) is 4.98 Å². The number of benzene rings is 1. The standard InChI is InChI=1S/C26H36N4O2/c1-2-21(31)11-7-4-8-12-22(25-28-16-23(30-25)20-9-5-3-6-10-20)29-24(32)13-19-14-26(15-19)17-27-18-26/h3,5-6,9-10,16,19,22,27H,2,4,7-8,11-15,17-18H2,1H3,(H,28,30)(H,29,32)/t22-/m0/s1. The molecule has 1 saturated carbocycles. The van der Waals surface area contributed by atoms with Gasteiger partial charge in [0.1, 0.15) is 11.6 Å². The Kier molecular flexibility index (Phi) is 7.40. The number of carbonyl (C=O) groups is 2. The number of rotatable bonds is 12. The number of imidazole rings is 1. The van der Waals surface area contributed by atoms with Crippen molar-refractivity contribution in [1.29, 1.82) is 0 Å². The maximum Gasteiger partial charge on any atom is 0.220 e. The van der Waals surface area contributed by atoms with Crippen molar-refractivity contribution in [2.24, 2.45) is 11.3 Å². The zero-order valence-corrected chi connectivity index (χ0v) is 19.2. The molecule has 4 rings (SSSR count). The van der Waals surface area contributed by atoms with Crippen molar-refractivity contribution in [3.8, 4) is 11.3 Å². The van der Waals surface area contributed by atoms with Gasteiger partial charge in [-0.05, 0) is 42.6 Å². The summed E-state index contributed by atoms with van der Waals surface area (Å²) in [4.78, 5) is 32.4. The van der Waals surface area contributed by atoms with E-state index in [2.05, 4.69) is 32.7 Å². The van der Waals surface area contributed by atoms with E-state index in [-0.39, 0.29) is 11.9 Å². The second kappa shape index (κ2) is 10.4. The smallest absolute Gasteiger partial charge is 0.220 e. The van der Waals surface area contributed by atoms with E-state index < -0.39 is 0 Å². The molecule has 1 aromatic heterocycles. The van der Waals surface area contributed by atoms with Gasteiger partial charge in [-0.1, -0.05) is 50.1 Å². The number of carbonyl (C=O) groups excluding carboxylic acids is 2. The van der Waals surface area contributed by atoms with Crippen LogP contribution in [0.1, 0.15) is 76.6 Å². The Morgan fingerprint density at radius 1 is 1.16 bits per heavy atom. The van der Waals surface area contributed by atoms with E-state index in [1.54, 1.807) is 0 Å². The lowest BCUT2D eigenvalue weighted by molar-refractivity contribution is -0.125. The quantitative estimate of drug-likeness (QED) is 0.426. The van der Waals surface area contributed by atoms with Crippen LogP contribution in [0.2, 0.25) is 0 Å². The highest BCUT2D eigenvalue weighted by Gasteiger charge is 2.48. The largest absolute Gasteiger partial charge is 0.346 e. The van der Waals surface area contributed by atoms with Crippen LogP contribution in [0.25, 0.3) is 11.3 Å². The summed E-state index contributed by atoms with van der Waals surface area (Å²) in [7, 11) is 0. The van der Waals surface area contributed by atoms with Gasteiger partial charge in [0.2, 0.25) is 5.91 Å². The lowest BCUT2D eigenvalue weighted by Crippen LogP contribution is -2.60. The molecule has 2 aromatic rings. The number of hydrogen-bond donors (Lipinski definition) is 3. The fourth-order valence-electron chi connectivity index (χ4n) is 5.17. The summed E-state index contributed by atoms with van der Waals surface area (Å²) in [5, 5.41) is 6.61. The molecule has 32 heavy (non-hydrogen) atoms. The first-order valence-corrected chi connectivity index (χ1v) is 12.2. The van der Waals surface area contributed by atoms with Crippen LogP contribution >= 0.6 is 0 Å². The molecule has 1 aromatic carbocycles. The van der Waals surface area contributed by atoms with Gasteiger partial charge in [0, 0.05) is 32.4 Å². The number of nitrogens with zero attached hydrogens (tertiary/aromatic N) is 1. The first kappa shape index (κ1) is 22.7. The number of unbranched alkanes of at least 4 members (excludes halogenated alkanes) is 2. The summed E-state index contributed by atoms with van der Waals surface area (Å²) in [5.41, 5.74) is 2.54. The Bertz CT molecular complexity index is 896. The first-order chi connectivity index (χ1) is 15.6. The van der Waals surface area contributed by atoms with Crippen LogP contribution in [0.5, 0.6) is 0 Å². The van der Waals surface area contributed by atoms with Gasteiger partial charge >= 0.3 is 0 Å². The molecule has 2 heterocycles. The van der Waals surface area contributed by atoms with Gasteiger partial charge in [0.25, 0.3) is 0 Å². The molecule has 6 nitrogen and oxygen atoms in total. The molecule has 3 N–H and O–H groups in total. The van der Waals surface area contributed by atoms with E-state index in [0.29, 0.717) is 36.4 Å². The van der Waals surface area contributed by atoms with Crippen LogP contribution in [-0.2, 0) is 9.59 Å². The Morgan fingerprint density at radius 3 is 2.62 bits per heavy atom. The lowest BCUT2D eigenvalue weighted by Gasteiger charge is -2.54. The maximum atomic E-state index is 12.8. The van der Waals surface area contributed by atoms with Crippen molar-refractivity contribution in [3.05, 3.63) is 42.4 Å². The van der Waals surface area contributed by atoms with Crippen molar-refractivity contribution in [3.63, 3.8) is 0 Å². The summed E-state index contributed by atoms with van der Waals surface area (Å²) >= 11 is 0. The number of amides is 1. The molecule has 1 aliphatic heterocycles. The number of hydrogen-bond acceptors (Lipinski definition) is 4. The van der Waals surface area contributed by atoms with Crippen LogP contribution in [0.15, 0.2) is 36.5 Å².